The molecule has 0 saturated carbocycles. The van der Waals surface area contributed by atoms with Crippen LogP contribution in [0.2, 0.25) is 0 Å². The van der Waals surface area contributed by atoms with Gasteiger partial charge >= 0.3 is 0 Å². The van der Waals surface area contributed by atoms with Gasteiger partial charge in [-0.2, -0.15) is 0 Å². The van der Waals surface area contributed by atoms with Crippen molar-refractivity contribution in [1.82, 2.24) is 19.6 Å². The van der Waals surface area contributed by atoms with Crippen molar-refractivity contribution >= 4 is 39.0 Å². The fraction of sp³-hybridized carbons (Fsp3) is 0.533. The summed E-state index contributed by atoms with van der Waals surface area (Å²) in [5.41, 5.74) is 2.49. The largest absolute Gasteiger partial charge is 0.257 e. The summed E-state index contributed by atoms with van der Waals surface area (Å²) in [6.45, 7) is 4.22. The topological polar surface area (TPSA) is 43.1 Å². The normalized spacial score (nSPS) is 15.0. The van der Waals surface area contributed by atoms with Gasteiger partial charge in [0.1, 0.15) is 10.7 Å². The van der Waals surface area contributed by atoms with E-state index in [9.17, 15) is 0 Å². The smallest absolute Gasteiger partial charge is 0.176 e. The third kappa shape index (κ3) is 2.07. The predicted molar refractivity (Wildman–Crippen MR) is 88.6 cm³/mol. The number of hydrogen-bond donors (Lipinski definition) is 0. The number of hydrogen-bond acceptors (Lipinski definition) is 5. The number of aryl methyl sites for hydroxylation is 3. The van der Waals surface area contributed by atoms with Gasteiger partial charge in [0.15, 0.2) is 10.8 Å². The van der Waals surface area contributed by atoms with Crippen LogP contribution in [0.1, 0.15) is 42.5 Å². The van der Waals surface area contributed by atoms with E-state index in [1.54, 1.807) is 0 Å². The van der Waals surface area contributed by atoms with E-state index in [-0.39, 0.29) is 0 Å². The highest BCUT2D eigenvalue weighted by Gasteiger charge is 2.22. The van der Waals surface area contributed by atoms with E-state index in [1.807, 2.05) is 30.0 Å². The van der Waals surface area contributed by atoms with Gasteiger partial charge in [0.2, 0.25) is 0 Å². The van der Waals surface area contributed by atoms with E-state index >= 15 is 0 Å². The van der Waals surface area contributed by atoms with E-state index in [4.69, 9.17) is 4.98 Å². The Morgan fingerprint density at radius 2 is 2.10 bits per heavy atom. The van der Waals surface area contributed by atoms with E-state index in [2.05, 4.69) is 21.5 Å². The van der Waals surface area contributed by atoms with Crippen LogP contribution < -0.4 is 0 Å². The second-order valence-electron chi connectivity index (χ2n) is 5.54. The van der Waals surface area contributed by atoms with Crippen LogP contribution in [0.4, 0.5) is 0 Å². The van der Waals surface area contributed by atoms with Gasteiger partial charge in [-0.05, 0) is 44.6 Å². The molecule has 0 unspecified atom stereocenters. The lowest BCUT2D eigenvalue weighted by Gasteiger charge is -2.10. The Bertz CT molecular complexity index is 818. The van der Waals surface area contributed by atoms with Gasteiger partial charge in [-0.15, -0.1) is 21.5 Å². The van der Waals surface area contributed by atoms with E-state index in [0.29, 0.717) is 0 Å². The maximum absolute atomic E-state index is 4.94. The number of nitrogens with zero attached hydrogens (tertiary/aromatic N) is 4. The average molecular weight is 318 g/mol. The summed E-state index contributed by atoms with van der Waals surface area (Å²) < 4.78 is 2.14. The lowest BCUT2D eigenvalue weighted by molar-refractivity contribution is 0.700. The summed E-state index contributed by atoms with van der Waals surface area (Å²) in [6, 6.07) is 0. The van der Waals surface area contributed by atoms with Crippen LogP contribution in [0.3, 0.4) is 0 Å². The summed E-state index contributed by atoms with van der Waals surface area (Å²) in [5, 5.41) is 11.1. The van der Waals surface area contributed by atoms with Crippen LogP contribution in [-0.2, 0) is 12.8 Å². The van der Waals surface area contributed by atoms with Crippen LogP contribution in [0, 0.1) is 6.92 Å². The Morgan fingerprint density at radius 1 is 1.24 bits per heavy atom. The van der Waals surface area contributed by atoms with Crippen molar-refractivity contribution in [2.75, 3.05) is 5.75 Å². The maximum atomic E-state index is 4.94. The SMILES string of the molecule is CCCSc1nc2sc3c(c2c2nnc(C)n12)CCCC3. The van der Waals surface area contributed by atoms with Crippen molar-refractivity contribution in [3.8, 4) is 0 Å². The summed E-state index contributed by atoms with van der Waals surface area (Å²) in [6.07, 6.45) is 6.10. The van der Waals surface area contributed by atoms with E-state index in [0.717, 1.165) is 33.6 Å². The summed E-state index contributed by atoms with van der Waals surface area (Å²) in [7, 11) is 0. The van der Waals surface area contributed by atoms with Crippen LogP contribution in [0.25, 0.3) is 15.9 Å². The molecule has 0 amide bonds. The molecule has 0 aliphatic heterocycles. The molecule has 4 rings (SSSR count). The Hall–Kier alpha value is -1.14. The van der Waals surface area contributed by atoms with Crippen molar-refractivity contribution < 1.29 is 0 Å². The zero-order chi connectivity index (χ0) is 14.4. The van der Waals surface area contributed by atoms with Crippen LogP contribution in [0.5, 0.6) is 0 Å². The standard InChI is InChI=1S/C15H18N4S2/c1-3-8-20-15-16-14-12(13-18-17-9(2)19(13)15)10-6-4-5-7-11(10)21-14/h3-8H2,1-2H3. The second-order valence-corrected chi connectivity index (χ2v) is 7.69. The number of fused-ring (bicyclic) bond motifs is 5. The predicted octanol–water partition coefficient (Wildman–Crippen LogP) is 4.03. The molecule has 0 fully saturated rings. The van der Waals surface area contributed by atoms with Crippen LogP contribution >= 0.6 is 23.1 Å². The quantitative estimate of drug-likeness (QED) is 0.540. The van der Waals surface area contributed by atoms with Crippen molar-refractivity contribution in [3.05, 3.63) is 16.3 Å². The summed E-state index contributed by atoms with van der Waals surface area (Å²) in [4.78, 5) is 7.61. The molecule has 0 N–H and O–H groups in total. The van der Waals surface area contributed by atoms with Gasteiger partial charge in [0, 0.05) is 10.6 Å². The molecule has 21 heavy (non-hydrogen) atoms. The molecular weight excluding hydrogens is 300 g/mol. The number of rotatable bonds is 3. The number of thioether (sulfide) groups is 1. The van der Waals surface area contributed by atoms with Crippen molar-refractivity contribution in [1.29, 1.82) is 0 Å². The van der Waals surface area contributed by atoms with Crippen molar-refractivity contribution in [2.24, 2.45) is 0 Å². The first kappa shape index (κ1) is 13.5. The third-order valence-corrected chi connectivity index (χ3v) is 6.36. The van der Waals surface area contributed by atoms with Gasteiger partial charge in [-0.1, -0.05) is 18.7 Å². The van der Waals surface area contributed by atoms with Crippen LogP contribution in [0.15, 0.2) is 5.16 Å². The molecule has 6 heteroatoms. The summed E-state index contributed by atoms with van der Waals surface area (Å²) in [5.74, 6) is 2.02. The fourth-order valence-corrected chi connectivity index (χ4v) is 5.24. The lowest BCUT2D eigenvalue weighted by atomic mass is 9.97. The molecule has 1 aliphatic rings. The Morgan fingerprint density at radius 3 is 2.95 bits per heavy atom. The minimum Gasteiger partial charge on any atom is -0.257 e. The highest BCUT2D eigenvalue weighted by molar-refractivity contribution is 7.99. The van der Waals surface area contributed by atoms with Gasteiger partial charge in [-0.25, -0.2) is 4.98 Å². The van der Waals surface area contributed by atoms with Crippen molar-refractivity contribution in [2.45, 2.75) is 51.1 Å². The summed E-state index contributed by atoms with van der Waals surface area (Å²) >= 11 is 3.67. The minimum absolute atomic E-state index is 0.939. The average Bonchev–Trinajstić information content (AvgIpc) is 3.05. The Balaban J connectivity index is 2.03. The monoisotopic (exact) mass is 318 g/mol. The Labute approximate surface area is 132 Å². The molecule has 0 saturated heterocycles. The van der Waals surface area contributed by atoms with Gasteiger partial charge < -0.3 is 0 Å². The first-order chi connectivity index (χ1) is 10.3. The van der Waals surface area contributed by atoms with Gasteiger partial charge in [-0.3, -0.25) is 4.40 Å². The third-order valence-electron chi connectivity index (χ3n) is 4.02. The second kappa shape index (κ2) is 5.25. The molecule has 0 aromatic carbocycles. The van der Waals surface area contributed by atoms with Gasteiger partial charge in [0.25, 0.3) is 0 Å². The molecule has 1 aliphatic carbocycles. The van der Waals surface area contributed by atoms with E-state index in [1.165, 1.54) is 41.5 Å². The minimum atomic E-state index is 0.939. The zero-order valence-electron chi connectivity index (χ0n) is 12.3. The molecule has 0 bridgehead atoms. The highest BCUT2D eigenvalue weighted by atomic mass is 32.2. The molecule has 3 aromatic heterocycles. The fourth-order valence-electron chi connectivity index (χ4n) is 3.04. The number of aromatic nitrogens is 4. The Kier molecular flexibility index (Phi) is 3.38. The highest BCUT2D eigenvalue weighted by Crippen LogP contribution is 2.38. The first-order valence-corrected chi connectivity index (χ1v) is 9.38. The maximum Gasteiger partial charge on any atom is 0.176 e. The molecule has 0 radical (unpaired) electrons. The zero-order valence-corrected chi connectivity index (χ0v) is 14.0. The lowest BCUT2D eigenvalue weighted by Crippen LogP contribution is -2.01. The first-order valence-electron chi connectivity index (χ1n) is 7.58. The molecule has 0 atom stereocenters. The molecule has 110 valence electrons. The van der Waals surface area contributed by atoms with Gasteiger partial charge in [0.05, 0.1) is 5.39 Å². The molecule has 4 nitrogen and oxygen atoms in total. The van der Waals surface area contributed by atoms with Crippen LogP contribution in [-0.4, -0.2) is 25.3 Å². The molecule has 0 spiro atoms. The van der Waals surface area contributed by atoms with Crippen molar-refractivity contribution in [3.63, 3.8) is 0 Å². The van der Waals surface area contributed by atoms with E-state index < -0.39 is 0 Å². The molecular formula is C15H18N4S2. The molecule has 3 heterocycles. The number of thiophene rings is 1. The molecule has 3 aromatic rings.